The Morgan fingerprint density at radius 2 is 1.97 bits per heavy atom. The molecule has 29 heavy (non-hydrogen) atoms. The van der Waals surface area contributed by atoms with Gasteiger partial charge in [-0.25, -0.2) is 4.98 Å². The van der Waals surface area contributed by atoms with Gasteiger partial charge < -0.3 is 19.2 Å². The number of hydrogen-bond acceptors (Lipinski definition) is 6. The molecule has 3 heterocycles. The SMILES string of the molecule is Cc1ccc(-c2noc3nc(-c4ccco4)cc(C(=O)NCCN(C)C)c23)cc1. The molecule has 0 unspecified atom stereocenters. The zero-order valence-corrected chi connectivity index (χ0v) is 16.6. The Morgan fingerprint density at radius 1 is 1.17 bits per heavy atom. The number of carbonyl (C=O) groups is 1. The molecule has 0 fully saturated rings. The molecule has 4 aromatic rings. The smallest absolute Gasteiger partial charge is 0.259 e. The second-order valence-corrected chi connectivity index (χ2v) is 7.17. The molecule has 0 spiro atoms. The van der Waals surface area contributed by atoms with Crippen LogP contribution < -0.4 is 5.32 Å². The third kappa shape index (κ3) is 3.90. The van der Waals surface area contributed by atoms with E-state index in [1.54, 1.807) is 24.5 Å². The molecule has 3 aromatic heterocycles. The van der Waals surface area contributed by atoms with E-state index in [2.05, 4.69) is 15.5 Å². The number of rotatable bonds is 6. The Labute approximate surface area is 168 Å². The standard InChI is InChI=1S/C22H22N4O3/c1-14-6-8-15(9-7-14)20-19-16(21(27)23-10-11-26(2)3)13-17(18-5-4-12-28-18)24-22(19)29-25-20/h4-9,12-13H,10-11H2,1-3H3,(H,23,27). The van der Waals surface area contributed by atoms with Crippen molar-refractivity contribution in [3.8, 4) is 22.7 Å². The summed E-state index contributed by atoms with van der Waals surface area (Å²) in [7, 11) is 3.92. The Kier molecular flexibility index (Phi) is 5.14. The lowest BCUT2D eigenvalue weighted by Gasteiger charge is -2.11. The van der Waals surface area contributed by atoms with Gasteiger partial charge in [-0.3, -0.25) is 4.79 Å². The van der Waals surface area contributed by atoms with E-state index in [1.165, 1.54) is 0 Å². The average molecular weight is 390 g/mol. The predicted octanol–water partition coefficient (Wildman–Crippen LogP) is 3.75. The van der Waals surface area contributed by atoms with Gasteiger partial charge in [0.15, 0.2) is 5.76 Å². The van der Waals surface area contributed by atoms with Crippen molar-refractivity contribution in [1.82, 2.24) is 20.4 Å². The van der Waals surface area contributed by atoms with Gasteiger partial charge in [0.25, 0.3) is 11.6 Å². The van der Waals surface area contributed by atoms with Crippen molar-refractivity contribution in [2.75, 3.05) is 27.2 Å². The molecule has 0 saturated heterocycles. The molecule has 0 aliphatic heterocycles. The molecular weight excluding hydrogens is 368 g/mol. The van der Waals surface area contributed by atoms with Gasteiger partial charge in [-0.05, 0) is 39.2 Å². The fourth-order valence-corrected chi connectivity index (χ4v) is 3.08. The van der Waals surface area contributed by atoms with Crippen LogP contribution in [0.1, 0.15) is 15.9 Å². The molecular formula is C22H22N4O3. The Bertz CT molecular complexity index is 1130. The zero-order valence-electron chi connectivity index (χ0n) is 16.6. The summed E-state index contributed by atoms with van der Waals surface area (Å²) in [4.78, 5) is 19.6. The maximum Gasteiger partial charge on any atom is 0.259 e. The number of amides is 1. The summed E-state index contributed by atoms with van der Waals surface area (Å²) in [5, 5.41) is 7.77. The third-order valence-corrected chi connectivity index (χ3v) is 4.63. The molecule has 148 valence electrons. The van der Waals surface area contributed by atoms with Crippen molar-refractivity contribution in [3.63, 3.8) is 0 Å². The minimum absolute atomic E-state index is 0.205. The minimum atomic E-state index is -0.205. The number of fused-ring (bicyclic) bond motifs is 1. The quantitative estimate of drug-likeness (QED) is 0.540. The number of aryl methyl sites for hydroxylation is 1. The van der Waals surface area contributed by atoms with Crippen LogP contribution in [-0.4, -0.2) is 48.1 Å². The molecule has 0 aliphatic carbocycles. The maximum absolute atomic E-state index is 13.0. The minimum Gasteiger partial charge on any atom is -0.463 e. The maximum atomic E-state index is 13.0. The van der Waals surface area contributed by atoms with Crippen LogP contribution in [0.2, 0.25) is 0 Å². The van der Waals surface area contributed by atoms with Crippen LogP contribution in [0.4, 0.5) is 0 Å². The highest BCUT2D eigenvalue weighted by molar-refractivity contribution is 6.10. The second kappa shape index (κ2) is 7.89. The number of hydrogen-bond donors (Lipinski definition) is 1. The van der Waals surface area contributed by atoms with E-state index in [4.69, 9.17) is 8.94 Å². The number of nitrogens with one attached hydrogen (secondary N) is 1. The van der Waals surface area contributed by atoms with E-state index in [0.717, 1.165) is 17.7 Å². The van der Waals surface area contributed by atoms with Crippen LogP contribution in [0.25, 0.3) is 33.8 Å². The van der Waals surface area contributed by atoms with Crippen LogP contribution in [0.5, 0.6) is 0 Å². The Morgan fingerprint density at radius 3 is 2.66 bits per heavy atom. The molecule has 0 atom stereocenters. The van der Waals surface area contributed by atoms with Gasteiger partial charge in [0.05, 0.1) is 17.2 Å². The summed E-state index contributed by atoms with van der Waals surface area (Å²) < 4.78 is 11.0. The number of carbonyl (C=O) groups excluding carboxylic acids is 1. The number of nitrogens with zero attached hydrogens (tertiary/aromatic N) is 3. The Balaban J connectivity index is 1.83. The van der Waals surface area contributed by atoms with Crippen molar-refractivity contribution in [3.05, 3.63) is 59.9 Å². The van der Waals surface area contributed by atoms with Crippen LogP contribution in [0.15, 0.2) is 57.7 Å². The lowest BCUT2D eigenvalue weighted by Crippen LogP contribution is -2.31. The monoisotopic (exact) mass is 390 g/mol. The first-order chi connectivity index (χ1) is 14.0. The Hall–Kier alpha value is -3.45. The van der Waals surface area contributed by atoms with Crippen molar-refractivity contribution in [1.29, 1.82) is 0 Å². The lowest BCUT2D eigenvalue weighted by atomic mass is 10.0. The lowest BCUT2D eigenvalue weighted by molar-refractivity contribution is 0.0952. The van der Waals surface area contributed by atoms with E-state index in [0.29, 0.717) is 40.4 Å². The average Bonchev–Trinajstić information content (AvgIpc) is 3.37. The summed E-state index contributed by atoms with van der Waals surface area (Å²) in [6.45, 7) is 3.28. The summed E-state index contributed by atoms with van der Waals surface area (Å²) in [6, 6.07) is 13.2. The highest BCUT2D eigenvalue weighted by atomic mass is 16.5. The topological polar surface area (TPSA) is 84.4 Å². The number of benzene rings is 1. The molecule has 7 nitrogen and oxygen atoms in total. The fraction of sp³-hybridized carbons (Fsp3) is 0.227. The highest BCUT2D eigenvalue weighted by Crippen LogP contribution is 2.32. The van der Waals surface area contributed by atoms with E-state index < -0.39 is 0 Å². The van der Waals surface area contributed by atoms with Gasteiger partial charge in [-0.1, -0.05) is 35.0 Å². The first-order valence-electron chi connectivity index (χ1n) is 9.37. The zero-order chi connectivity index (χ0) is 20.4. The molecule has 0 radical (unpaired) electrons. The van der Waals surface area contributed by atoms with Gasteiger partial charge in [0, 0.05) is 18.7 Å². The van der Waals surface area contributed by atoms with E-state index in [-0.39, 0.29) is 5.91 Å². The first kappa shape index (κ1) is 18.9. The molecule has 7 heteroatoms. The molecule has 0 saturated carbocycles. The van der Waals surface area contributed by atoms with Gasteiger partial charge in [0.1, 0.15) is 11.4 Å². The summed E-state index contributed by atoms with van der Waals surface area (Å²) in [5.41, 5.74) is 3.87. The fourth-order valence-electron chi connectivity index (χ4n) is 3.08. The highest BCUT2D eigenvalue weighted by Gasteiger charge is 2.22. The van der Waals surface area contributed by atoms with Gasteiger partial charge in [-0.2, -0.15) is 0 Å². The van der Waals surface area contributed by atoms with E-state index in [9.17, 15) is 4.79 Å². The van der Waals surface area contributed by atoms with Gasteiger partial charge in [0.2, 0.25) is 0 Å². The summed E-state index contributed by atoms with van der Waals surface area (Å²) >= 11 is 0. The van der Waals surface area contributed by atoms with Crippen LogP contribution in [-0.2, 0) is 0 Å². The molecule has 4 rings (SSSR count). The summed E-state index contributed by atoms with van der Waals surface area (Å²) in [5.74, 6) is 0.353. The number of pyridine rings is 1. The number of aromatic nitrogens is 2. The molecule has 1 aromatic carbocycles. The van der Waals surface area contributed by atoms with Crippen molar-refractivity contribution in [2.45, 2.75) is 6.92 Å². The first-order valence-corrected chi connectivity index (χ1v) is 9.37. The molecule has 0 bridgehead atoms. The number of furan rings is 1. The molecule has 1 amide bonds. The normalized spacial score (nSPS) is 11.3. The van der Waals surface area contributed by atoms with Crippen molar-refractivity contribution < 1.29 is 13.7 Å². The summed E-state index contributed by atoms with van der Waals surface area (Å²) in [6.07, 6.45) is 1.57. The number of likely N-dealkylation sites (N-methyl/N-ethyl adjacent to an activating group) is 1. The largest absolute Gasteiger partial charge is 0.463 e. The third-order valence-electron chi connectivity index (χ3n) is 4.63. The second-order valence-electron chi connectivity index (χ2n) is 7.17. The van der Waals surface area contributed by atoms with E-state index >= 15 is 0 Å². The molecule has 0 aliphatic rings. The van der Waals surface area contributed by atoms with Crippen LogP contribution in [0.3, 0.4) is 0 Å². The molecule has 1 N–H and O–H groups in total. The predicted molar refractivity (Wildman–Crippen MR) is 111 cm³/mol. The van der Waals surface area contributed by atoms with Crippen LogP contribution >= 0.6 is 0 Å². The van der Waals surface area contributed by atoms with Crippen molar-refractivity contribution in [2.24, 2.45) is 0 Å². The van der Waals surface area contributed by atoms with E-state index in [1.807, 2.05) is 50.2 Å². The van der Waals surface area contributed by atoms with Gasteiger partial charge >= 0.3 is 0 Å². The van der Waals surface area contributed by atoms with Crippen LogP contribution in [0, 0.1) is 6.92 Å². The van der Waals surface area contributed by atoms with Gasteiger partial charge in [-0.15, -0.1) is 0 Å². The van der Waals surface area contributed by atoms with Crippen molar-refractivity contribution >= 4 is 17.0 Å².